The van der Waals surface area contributed by atoms with E-state index in [1.807, 2.05) is 11.6 Å². The lowest BCUT2D eigenvalue weighted by Gasteiger charge is -2.28. The smallest absolute Gasteiger partial charge is 0.254 e. The highest BCUT2D eigenvalue weighted by molar-refractivity contribution is 5.95. The summed E-state index contributed by atoms with van der Waals surface area (Å²) >= 11 is 0. The fraction of sp³-hybridized carbons (Fsp3) is 0.524. The topological polar surface area (TPSA) is 88.9 Å². The molecule has 0 saturated heterocycles. The molecular weight excluding hydrogens is 354 g/mol. The molecule has 28 heavy (non-hydrogen) atoms. The number of hydrogen-bond acceptors (Lipinski definition) is 4. The average molecular weight is 383 g/mol. The van der Waals surface area contributed by atoms with Crippen molar-refractivity contribution in [3.63, 3.8) is 0 Å². The first-order chi connectivity index (χ1) is 13.3. The van der Waals surface area contributed by atoms with Crippen LogP contribution in [0.15, 0.2) is 30.7 Å². The second kappa shape index (κ2) is 8.12. The van der Waals surface area contributed by atoms with E-state index in [4.69, 9.17) is 0 Å². The van der Waals surface area contributed by atoms with Crippen molar-refractivity contribution >= 4 is 11.8 Å². The third-order valence-corrected chi connectivity index (χ3v) is 5.55. The summed E-state index contributed by atoms with van der Waals surface area (Å²) in [5.74, 6) is 0.0734. The highest BCUT2D eigenvalue weighted by Gasteiger charge is 2.28. The summed E-state index contributed by atoms with van der Waals surface area (Å²) in [4.78, 5) is 29.0. The zero-order valence-corrected chi connectivity index (χ0v) is 17.0. The summed E-state index contributed by atoms with van der Waals surface area (Å²) in [5, 5.41) is 10.5. The van der Waals surface area contributed by atoms with Crippen molar-refractivity contribution in [3.8, 4) is 0 Å². The molecular formula is C21H29N5O2. The van der Waals surface area contributed by atoms with E-state index in [2.05, 4.69) is 41.5 Å². The van der Waals surface area contributed by atoms with Gasteiger partial charge in [-0.05, 0) is 43.2 Å². The van der Waals surface area contributed by atoms with Crippen molar-refractivity contribution in [2.24, 2.45) is 11.3 Å². The second-order valence-corrected chi connectivity index (χ2v) is 8.60. The number of nitrogens with zero attached hydrogens (tertiary/aromatic N) is 3. The molecule has 0 aromatic carbocycles. The molecule has 7 nitrogen and oxygen atoms in total. The third-order valence-electron chi connectivity index (χ3n) is 5.55. The van der Waals surface area contributed by atoms with E-state index in [1.165, 1.54) is 0 Å². The molecule has 3 heterocycles. The van der Waals surface area contributed by atoms with Crippen molar-refractivity contribution in [2.45, 2.75) is 53.1 Å². The van der Waals surface area contributed by atoms with Crippen molar-refractivity contribution in [1.29, 1.82) is 0 Å². The molecule has 1 aliphatic heterocycles. The Bertz CT molecular complexity index is 838. The number of aryl methyl sites for hydroxylation is 1. The number of aromatic nitrogens is 3. The Balaban J connectivity index is 1.62. The highest BCUT2D eigenvalue weighted by atomic mass is 16.2. The Hall–Kier alpha value is -2.70. The number of nitrogens with one attached hydrogen (secondary N) is 2. The van der Waals surface area contributed by atoms with E-state index < -0.39 is 0 Å². The summed E-state index contributed by atoms with van der Waals surface area (Å²) in [6.45, 7) is 9.65. The normalized spacial score (nSPS) is 17.5. The van der Waals surface area contributed by atoms with Gasteiger partial charge in [-0.2, -0.15) is 5.10 Å². The minimum atomic E-state index is -0.121. The van der Waals surface area contributed by atoms with Gasteiger partial charge < -0.3 is 10.6 Å². The summed E-state index contributed by atoms with van der Waals surface area (Å²) in [6, 6.07) is 3.54. The lowest BCUT2D eigenvalue weighted by atomic mass is 9.87. The zero-order valence-electron chi connectivity index (χ0n) is 17.0. The van der Waals surface area contributed by atoms with Gasteiger partial charge in [0.15, 0.2) is 0 Å². The molecule has 2 atom stereocenters. The number of amides is 2. The van der Waals surface area contributed by atoms with Crippen LogP contribution < -0.4 is 10.6 Å². The Morgan fingerprint density at radius 3 is 2.75 bits per heavy atom. The number of fused-ring (bicyclic) bond motifs is 1. The zero-order chi connectivity index (χ0) is 20.3. The molecule has 3 rings (SSSR count). The molecule has 7 heteroatoms. The molecule has 0 aliphatic carbocycles. The summed E-state index contributed by atoms with van der Waals surface area (Å²) < 4.78 is 1.91. The van der Waals surface area contributed by atoms with Gasteiger partial charge in [-0.15, -0.1) is 0 Å². The summed E-state index contributed by atoms with van der Waals surface area (Å²) in [7, 11) is 0. The van der Waals surface area contributed by atoms with E-state index >= 15 is 0 Å². The average Bonchev–Trinajstić information content (AvgIpc) is 3.09. The number of rotatable bonds is 5. The van der Waals surface area contributed by atoms with Crippen molar-refractivity contribution in [3.05, 3.63) is 47.5 Å². The van der Waals surface area contributed by atoms with Gasteiger partial charge in [-0.1, -0.05) is 20.8 Å². The Morgan fingerprint density at radius 1 is 1.29 bits per heavy atom. The van der Waals surface area contributed by atoms with Crippen LogP contribution in [0, 0.1) is 11.3 Å². The number of hydrogen-bond donors (Lipinski definition) is 2. The van der Waals surface area contributed by atoms with Crippen molar-refractivity contribution in [1.82, 2.24) is 25.4 Å². The fourth-order valence-electron chi connectivity index (χ4n) is 3.19. The van der Waals surface area contributed by atoms with Crippen LogP contribution in [0.2, 0.25) is 0 Å². The van der Waals surface area contributed by atoms with E-state index in [-0.39, 0.29) is 29.2 Å². The Morgan fingerprint density at radius 2 is 2.07 bits per heavy atom. The van der Waals surface area contributed by atoms with Crippen LogP contribution in [0.4, 0.5) is 0 Å². The lowest BCUT2D eigenvalue weighted by molar-refractivity contribution is 0.0904. The van der Waals surface area contributed by atoms with Gasteiger partial charge in [-0.3, -0.25) is 19.3 Å². The maximum atomic E-state index is 12.8. The van der Waals surface area contributed by atoms with Gasteiger partial charge in [0.1, 0.15) is 0 Å². The lowest BCUT2D eigenvalue weighted by Crippen LogP contribution is -2.42. The first-order valence-electron chi connectivity index (χ1n) is 9.79. The number of carbonyl (C=O) groups excluding carboxylic acids is 2. The maximum absolute atomic E-state index is 12.8. The van der Waals surface area contributed by atoms with E-state index in [1.54, 1.807) is 30.7 Å². The van der Waals surface area contributed by atoms with Gasteiger partial charge in [0.2, 0.25) is 0 Å². The fourth-order valence-corrected chi connectivity index (χ4v) is 3.19. The molecule has 2 N–H and O–H groups in total. The molecule has 0 radical (unpaired) electrons. The van der Waals surface area contributed by atoms with Crippen molar-refractivity contribution in [2.75, 3.05) is 6.54 Å². The van der Waals surface area contributed by atoms with Crippen LogP contribution in [0.25, 0.3) is 0 Å². The minimum absolute atomic E-state index is 0.0119. The molecule has 0 bridgehead atoms. The number of pyridine rings is 1. The molecule has 2 amide bonds. The van der Waals surface area contributed by atoms with Gasteiger partial charge in [0.05, 0.1) is 23.0 Å². The highest BCUT2D eigenvalue weighted by Crippen LogP contribution is 2.24. The molecule has 2 aromatic heterocycles. The minimum Gasteiger partial charge on any atom is -0.352 e. The van der Waals surface area contributed by atoms with Crippen molar-refractivity contribution < 1.29 is 9.59 Å². The predicted molar refractivity (Wildman–Crippen MR) is 107 cm³/mol. The summed E-state index contributed by atoms with van der Waals surface area (Å²) in [5.41, 5.74) is 2.13. The first-order valence-corrected chi connectivity index (χ1v) is 9.79. The first kappa shape index (κ1) is 20.0. The number of carbonyl (C=O) groups is 2. The standard InChI is InChI=1S/C21H29N5O2/c1-14(21(2,3)4)25-20(28)17-13-24-26-9-7-15(10-18(17)26)11-23-19(27)16-6-5-8-22-12-16/h5-6,8,12-15H,7,9-11H2,1-4H3,(H,23,27)(H,25,28)/t14-,15-/m0/s1. The Labute approximate surface area is 165 Å². The van der Waals surface area contributed by atoms with E-state index in [0.717, 1.165) is 25.1 Å². The Kier molecular flexibility index (Phi) is 5.82. The maximum Gasteiger partial charge on any atom is 0.254 e. The molecule has 0 fully saturated rings. The van der Waals surface area contributed by atoms with Crippen LogP contribution in [-0.4, -0.2) is 39.2 Å². The molecule has 0 unspecified atom stereocenters. The van der Waals surface area contributed by atoms with Gasteiger partial charge in [-0.25, -0.2) is 0 Å². The quantitative estimate of drug-likeness (QED) is 0.830. The van der Waals surface area contributed by atoms with Crippen LogP contribution in [0.5, 0.6) is 0 Å². The molecule has 150 valence electrons. The SMILES string of the molecule is C[C@H](NC(=O)c1cnn2c1C[C@@H](CNC(=O)c1cccnc1)CC2)C(C)(C)C. The largest absolute Gasteiger partial charge is 0.352 e. The molecule has 0 spiro atoms. The van der Waals surface area contributed by atoms with E-state index in [0.29, 0.717) is 17.7 Å². The monoisotopic (exact) mass is 383 g/mol. The summed E-state index contributed by atoms with van der Waals surface area (Å²) in [6.07, 6.45) is 6.51. The van der Waals surface area contributed by atoms with Crippen LogP contribution >= 0.6 is 0 Å². The second-order valence-electron chi connectivity index (χ2n) is 8.60. The van der Waals surface area contributed by atoms with Crippen LogP contribution in [0.1, 0.15) is 60.5 Å². The van der Waals surface area contributed by atoms with Gasteiger partial charge in [0, 0.05) is 31.5 Å². The van der Waals surface area contributed by atoms with Crippen LogP contribution in [-0.2, 0) is 13.0 Å². The van der Waals surface area contributed by atoms with Gasteiger partial charge in [0.25, 0.3) is 11.8 Å². The predicted octanol–water partition coefficient (Wildman–Crippen LogP) is 2.43. The molecule has 1 aliphatic rings. The molecule has 0 saturated carbocycles. The van der Waals surface area contributed by atoms with Gasteiger partial charge >= 0.3 is 0 Å². The van der Waals surface area contributed by atoms with Crippen LogP contribution in [0.3, 0.4) is 0 Å². The third kappa shape index (κ3) is 4.58. The van der Waals surface area contributed by atoms with E-state index in [9.17, 15) is 9.59 Å². The molecule has 2 aromatic rings.